The Morgan fingerprint density at radius 1 is 1.17 bits per heavy atom. The second-order valence-electron chi connectivity index (χ2n) is 11.8. The normalized spacial score (nSPS) is 25.7. The molecule has 4 atom stereocenters. The molecular formula is C27H43N7O. The van der Waals surface area contributed by atoms with E-state index in [2.05, 4.69) is 78.7 Å². The summed E-state index contributed by atoms with van der Waals surface area (Å²) in [7, 11) is 2.25. The van der Waals surface area contributed by atoms with E-state index in [0.717, 1.165) is 38.1 Å². The van der Waals surface area contributed by atoms with Gasteiger partial charge < -0.3 is 15.1 Å². The molecule has 2 aromatic heterocycles. The van der Waals surface area contributed by atoms with Gasteiger partial charge in [-0.15, -0.1) is 0 Å². The maximum atomic E-state index is 13.6. The molecule has 1 aliphatic heterocycles. The minimum absolute atomic E-state index is 0.182. The van der Waals surface area contributed by atoms with Gasteiger partial charge in [-0.25, -0.2) is 19.9 Å². The van der Waals surface area contributed by atoms with Gasteiger partial charge in [-0.2, -0.15) is 0 Å². The van der Waals surface area contributed by atoms with Crippen molar-refractivity contribution >= 4 is 22.8 Å². The Morgan fingerprint density at radius 2 is 1.94 bits per heavy atom. The first-order valence-electron chi connectivity index (χ1n) is 13.4. The molecule has 4 rings (SSSR count). The molecule has 1 aliphatic carbocycles. The number of hydrogen-bond donors (Lipinski definition) is 1. The Bertz CT molecular complexity index is 1030. The van der Waals surface area contributed by atoms with Crippen LogP contribution in [0.15, 0.2) is 12.5 Å². The van der Waals surface area contributed by atoms with Crippen LogP contribution in [0.25, 0.3) is 11.0 Å². The molecule has 0 unspecified atom stereocenters. The van der Waals surface area contributed by atoms with E-state index in [1.165, 1.54) is 19.2 Å². The number of nitrogens with zero attached hydrogens (tertiary/aromatic N) is 6. The number of amides is 1. The summed E-state index contributed by atoms with van der Waals surface area (Å²) in [5.74, 6) is 2.12. The highest BCUT2D eigenvalue weighted by molar-refractivity contribution is 5.90. The van der Waals surface area contributed by atoms with Crippen LogP contribution in [0.5, 0.6) is 0 Å². The van der Waals surface area contributed by atoms with E-state index in [1.54, 1.807) is 6.20 Å². The third-order valence-corrected chi connectivity index (χ3v) is 7.96. The molecule has 0 radical (unpaired) electrons. The third-order valence-electron chi connectivity index (χ3n) is 7.96. The molecule has 0 bridgehead atoms. The molecule has 8 heteroatoms. The monoisotopic (exact) mass is 481 g/mol. The van der Waals surface area contributed by atoms with Gasteiger partial charge >= 0.3 is 0 Å². The van der Waals surface area contributed by atoms with E-state index in [9.17, 15) is 4.79 Å². The van der Waals surface area contributed by atoms with Crippen LogP contribution >= 0.6 is 0 Å². The molecule has 2 aromatic rings. The highest BCUT2D eigenvalue weighted by atomic mass is 16.2. The maximum Gasteiger partial charge on any atom is 0.245 e. The number of hydrogen-bond acceptors (Lipinski definition) is 7. The molecule has 192 valence electrons. The van der Waals surface area contributed by atoms with E-state index >= 15 is 0 Å². The Kier molecular flexibility index (Phi) is 7.60. The third kappa shape index (κ3) is 5.42. The van der Waals surface area contributed by atoms with Crippen LogP contribution in [0.1, 0.15) is 85.9 Å². The topological polar surface area (TPSA) is 87.1 Å². The lowest BCUT2D eigenvalue weighted by atomic mass is 9.77. The fourth-order valence-electron chi connectivity index (χ4n) is 5.76. The second kappa shape index (κ2) is 10.3. The zero-order chi connectivity index (χ0) is 25.3. The maximum absolute atomic E-state index is 13.6. The van der Waals surface area contributed by atoms with Gasteiger partial charge in [0.1, 0.15) is 29.2 Å². The molecule has 1 N–H and O–H groups in total. The van der Waals surface area contributed by atoms with Crippen molar-refractivity contribution in [3.8, 4) is 0 Å². The number of carbonyl (C=O) groups is 1. The van der Waals surface area contributed by atoms with Crippen molar-refractivity contribution in [2.45, 2.75) is 110 Å². The summed E-state index contributed by atoms with van der Waals surface area (Å²) in [5.41, 5.74) is 1.19. The van der Waals surface area contributed by atoms with Crippen LogP contribution in [0.3, 0.4) is 0 Å². The first-order chi connectivity index (χ1) is 16.6. The summed E-state index contributed by atoms with van der Waals surface area (Å²) in [6.07, 6.45) is 9.81. The fourth-order valence-corrected chi connectivity index (χ4v) is 5.76. The molecule has 0 aromatic carbocycles. The molecule has 2 aliphatic rings. The molecule has 1 amide bonds. The fraction of sp³-hybridized carbons (Fsp3) is 0.741. The molecule has 35 heavy (non-hydrogen) atoms. The van der Waals surface area contributed by atoms with Gasteiger partial charge in [0.2, 0.25) is 5.91 Å². The number of aromatic nitrogens is 4. The highest BCUT2D eigenvalue weighted by Gasteiger charge is 2.42. The van der Waals surface area contributed by atoms with Gasteiger partial charge in [-0.3, -0.25) is 4.79 Å². The van der Waals surface area contributed by atoms with Crippen LogP contribution in [0, 0.1) is 5.92 Å². The zero-order valence-electron chi connectivity index (χ0n) is 22.6. The van der Waals surface area contributed by atoms with Gasteiger partial charge in [0.25, 0.3) is 0 Å². The minimum atomic E-state index is -0.278. The van der Waals surface area contributed by atoms with Crippen LogP contribution in [0.2, 0.25) is 0 Å². The lowest BCUT2D eigenvalue weighted by Crippen LogP contribution is -2.51. The van der Waals surface area contributed by atoms with E-state index < -0.39 is 0 Å². The number of nitrogens with one attached hydrogen (secondary N) is 1. The van der Waals surface area contributed by atoms with Gasteiger partial charge in [0.15, 0.2) is 5.82 Å². The lowest BCUT2D eigenvalue weighted by molar-refractivity contribution is -0.132. The van der Waals surface area contributed by atoms with Gasteiger partial charge in [0, 0.05) is 30.1 Å². The molecule has 2 fully saturated rings. The summed E-state index contributed by atoms with van der Waals surface area (Å²) >= 11 is 0. The van der Waals surface area contributed by atoms with Crippen molar-refractivity contribution < 1.29 is 4.79 Å². The Labute approximate surface area is 210 Å². The second-order valence-corrected chi connectivity index (χ2v) is 11.8. The van der Waals surface area contributed by atoms with Crippen molar-refractivity contribution in [1.29, 1.82) is 0 Å². The van der Waals surface area contributed by atoms with Crippen LogP contribution < -0.4 is 5.32 Å². The van der Waals surface area contributed by atoms with Crippen LogP contribution in [0.4, 0.5) is 5.82 Å². The highest BCUT2D eigenvalue weighted by Crippen LogP contribution is 2.36. The molecule has 0 spiro atoms. The van der Waals surface area contributed by atoms with Gasteiger partial charge in [-0.05, 0) is 58.9 Å². The Morgan fingerprint density at radius 3 is 2.63 bits per heavy atom. The predicted molar refractivity (Wildman–Crippen MR) is 140 cm³/mol. The Balaban J connectivity index is 1.50. The van der Waals surface area contributed by atoms with Gasteiger partial charge in [0.05, 0.1) is 6.20 Å². The molecule has 3 heterocycles. The van der Waals surface area contributed by atoms with Crippen molar-refractivity contribution in [3.05, 3.63) is 18.3 Å². The van der Waals surface area contributed by atoms with Crippen molar-refractivity contribution in [1.82, 2.24) is 29.7 Å². The Hall–Kier alpha value is -2.35. The summed E-state index contributed by atoms with van der Waals surface area (Å²) in [6.45, 7) is 13.9. The number of rotatable bonds is 7. The quantitative estimate of drug-likeness (QED) is 0.627. The smallest absolute Gasteiger partial charge is 0.245 e. The summed E-state index contributed by atoms with van der Waals surface area (Å²) in [5, 5.41) is 3.43. The van der Waals surface area contributed by atoms with Gasteiger partial charge in [-0.1, -0.05) is 34.1 Å². The molecular weight excluding hydrogens is 438 g/mol. The van der Waals surface area contributed by atoms with Crippen LogP contribution in [-0.2, 0) is 10.2 Å². The van der Waals surface area contributed by atoms with E-state index in [4.69, 9.17) is 4.98 Å². The molecule has 1 saturated carbocycles. The standard InChI is InChI=1S/C27H43N7O/c1-8-9-18-14-19(33(7)17(2)3)10-11-22(18)34-13-12-20(25(34)35)31-24-23-21(29-16-30-24)15-28-26(32-23)27(4,5)6/h15-20,22H,8-14H2,1-7H3,(H,29,30,31)/t18-,19+,20-,22-/m0/s1. The van der Waals surface area contributed by atoms with Crippen molar-refractivity contribution in [2.24, 2.45) is 5.92 Å². The van der Waals surface area contributed by atoms with E-state index in [1.807, 2.05) is 0 Å². The summed E-state index contributed by atoms with van der Waals surface area (Å²) in [4.78, 5) is 36.4. The minimum Gasteiger partial charge on any atom is -0.356 e. The zero-order valence-corrected chi connectivity index (χ0v) is 22.6. The number of likely N-dealkylation sites (tertiary alicyclic amines) is 1. The lowest BCUT2D eigenvalue weighted by Gasteiger charge is -2.44. The average molecular weight is 482 g/mol. The predicted octanol–water partition coefficient (Wildman–Crippen LogP) is 4.41. The molecule has 1 saturated heterocycles. The van der Waals surface area contributed by atoms with E-state index in [0.29, 0.717) is 40.9 Å². The number of fused-ring (bicyclic) bond motifs is 1. The largest absolute Gasteiger partial charge is 0.356 e. The van der Waals surface area contributed by atoms with E-state index in [-0.39, 0.29) is 17.4 Å². The number of carbonyl (C=O) groups excluding carboxylic acids is 1. The van der Waals surface area contributed by atoms with Crippen LogP contribution in [-0.4, -0.2) is 73.4 Å². The summed E-state index contributed by atoms with van der Waals surface area (Å²) in [6, 6.07) is 1.21. The van der Waals surface area contributed by atoms with Crippen molar-refractivity contribution in [3.63, 3.8) is 0 Å². The first kappa shape index (κ1) is 25.7. The first-order valence-corrected chi connectivity index (χ1v) is 13.4. The number of anilines is 1. The SMILES string of the molecule is CCC[C@H]1C[C@H](N(C)C(C)C)CC[C@@H]1N1CC[C@H](Nc2ncnc3cnc(C(C)(C)C)nc23)C1=O. The summed E-state index contributed by atoms with van der Waals surface area (Å²) < 4.78 is 0. The average Bonchev–Trinajstić information content (AvgIpc) is 3.17. The molecule has 8 nitrogen and oxygen atoms in total. The van der Waals surface area contributed by atoms with Crippen molar-refractivity contribution in [2.75, 3.05) is 18.9 Å².